The van der Waals surface area contributed by atoms with Crippen molar-refractivity contribution in [1.82, 2.24) is 20.2 Å². The van der Waals surface area contributed by atoms with E-state index in [4.69, 9.17) is 33.7 Å². The number of rotatable bonds is 4. The second-order valence-corrected chi connectivity index (χ2v) is 9.48. The molecule has 0 bridgehead atoms. The summed E-state index contributed by atoms with van der Waals surface area (Å²) in [4.78, 5) is 21.8. The second-order valence-electron chi connectivity index (χ2n) is 8.69. The van der Waals surface area contributed by atoms with Gasteiger partial charge in [0.1, 0.15) is 11.9 Å². The number of aromatic nitrogens is 2. The number of anilines is 1. The number of aromatic amines is 1. The van der Waals surface area contributed by atoms with Crippen LogP contribution in [0.25, 0.3) is 22.0 Å². The molecule has 4 aromatic rings. The van der Waals surface area contributed by atoms with E-state index in [9.17, 15) is 9.18 Å². The van der Waals surface area contributed by atoms with Gasteiger partial charge in [0.15, 0.2) is 11.6 Å². The number of H-pyrrole nitrogens is 1. The molecule has 0 fully saturated rings. The van der Waals surface area contributed by atoms with Crippen molar-refractivity contribution < 1.29 is 13.9 Å². The van der Waals surface area contributed by atoms with Crippen molar-refractivity contribution in [2.24, 2.45) is 0 Å². The average molecular weight is 528 g/mol. The van der Waals surface area contributed by atoms with Gasteiger partial charge in [0.2, 0.25) is 0 Å². The van der Waals surface area contributed by atoms with Crippen molar-refractivity contribution >= 4 is 46.0 Å². The summed E-state index contributed by atoms with van der Waals surface area (Å²) in [6.45, 7) is 2.90. The maximum absolute atomic E-state index is 14.0. The minimum atomic E-state index is -0.671. The monoisotopic (exact) mass is 527 g/mol. The van der Waals surface area contributed by atoms with Crippen LogP contribution in [0.3, 0.4) is 0 Å². The van der Waals surface area contributed by atoms with Gasteiger partial charge >= 0.3 is 6.03 Å². The zero-order valence-corrected chi connectivity index (χ0v) is 21.2. The fourth-order valence-corrected chi connectivity index (χ4v) is 5.28. The number of halogens is 3. The Hall–Kier alpha value is -3.49. The van der Waals surface area contributed by atoms with Gasteiger partial charge in [-0.3, -0.25) is 0 Å². The molecule has 0 spiro atoms. The van der Waals surface area contributed by atoms with Crippen LogP contribution in [-0.2, 0) is 13.0 Å². The lowest BCUT2D eigenvalue weighted by atomic mass is 10.0. The highest BCUT2D eigenvalue weighted by atomic mass is 35.5. The number of pyridine rings is 1. The quantitative estimate of drug-likeness (QED) is 0.279. The van der Waals surface area contributed by atoms with Crippen LogP contribution in [0.2, 0.25) is 10.0 Å². The normalized spacial score (nSPS) is 14.0. The number of benzene rings is 2. The molecule has 0 radical (unpaired) electrons. The smallest absolute Gasteiger partial charge is 0.317 e. The van der Waals surface area contributed by atoms with Crippen LogP contribution in [0.4, 0.5) is 15.0 Å². The van der Waals surface area contributed by atoms with Gasteiger partial charge in [-0.2, -0.15) is 0 Å². The van der Waals surface area contributed by atoms with E-state index < -0.39 is 11.9 Å². The SMILES string of the molecule is CNC(=O)N1CCc2[nH]c3ccc(-c4cnc(N)c(O[C@H](C)c5c(Cl)ccc(F)c5Cl)c4)cc3c2C1. The molecule has 1 aliphatic rings. The molecule has 3 heterocycles. The lowest BCUT2D eigenvalue weighted by Gasteiger charge is -2.26. The topological polar surface area (TPSA) is 96.3 Å². The summed E-state index contributed by atoms with van der Waals surface area (Å²) in [6, 6.07) is 10.4. The molecule has 2 amide bonds. The number of fused-ring (bicyclic) bond motifs is 3. The number of hydrogen-bond donors (Lipinski definition) is 3. The predicted octanol–water partition coefficient (Wildman–Crippen LogP) is 6.10. The Morgan fingerprint density at radius 2 is 2.06 bits per heavy atom. The second kappa shape index (κ2) is 9.52. The number of amides is 2. The Morgan fingerprint density at radius 3 is 2.83 bits per heavy atom. The van der Waals surface area contributed by atoms with Gasteiger partial charge < -0.3 is 25.7 Å². The molecule has 2 aromatic heterocycles. The predicted molar refractivity (Wildman–Crippen MR) is 140 cm³/mol. The van der Waals surface area contributed by atoms with Gasteiger partial charge in [-0.25, -0.2) is 14.2 Å². The summed E-state index contributed by atoms with van der Waals surface area (Å²) in [7, 11) is 1.63. The lowest BCUT2D eigenvalue weighted by molar-refractivity contribution is 0.195. The van der Waals surface area contributed by atoms with Crippen LogP contribution in [0.15, 0.2) is 42.6 Å². The van der Waals surface area contributed by atoms with Crippen molar-refractivity contribution in [2.45, 2.75) is 26.0 Å². The Balaban J connectivity index is 1.48. The van der Waals surface area contributed by atoms with E-state index in [1.807, 2.05) is 12.1 Å². The first-order valence-electron chi connectivity index (χ1n) is 11.4. The average Bonchev–Trinajstić information content (AvgIpc) is 3.24. The van der Waals surface area contributed by atoms with Crippen molar-refractivity contribution in [1.29, 1.82) is 0 Å². The molecule has 4 N–H and O–H groups in total. The molecular formula is C26H24Cl2FN5O2. The number of nitrogens with one attached hydrogen (secondary N) is 2. The van der Waals surface area contributed by atoms with Crippen LogP contribution in [0.5, 0.6) is 5.75 Å². The summed E-state index contributed by atoms with van der Waals surface area (Å²) in [5.74, 6) is -0.0570. The van der Waals surface area contributed by atoms with Gasteiger partial charge in [-0.05, 0) is 42.8 Å². The van der Waals surface area contributed by atoms with E-state index in [2.05, 4.69) is 21.4 Å². The molecule has 186 valence electrons. The summed E-state index contributed by atoms with van der Waals surface area (Å²) in [6.07, 6.45) is 1.76. The summed E-state index contributed by atoms with van der Waals surface area (Å²) < 4.78 is 20.1. The minimum absolute atomic E-state index is 0.0915. The van der Waals surface area contributed by atoms with Crippen LogP contribution in [-0.4, -0.2) is 34.5 Å². The van der Waals surface area contributed by atoms with Crippen LogP contribution in [0.1, 0.15) is 29.8 Å². The molecule has 10 heteroatoms. The molecule has 36 heavy (non-hydrogen) atoms. The summed E-state index contributed by atoms with van der Waals surface area (Å²) >= 11 is 12.4. The van der Waals surface area contributed by atoms with E-state index in [-0.39, 0.29) is 16.9 Å². The van der Waals surface area contributed by atoms with Crippen molar-refractivity contribution in [3.05, 3.63) is 75.3 Å². The molecule has 2 aromatic carbocycles. The Bertz CT molecular complexity index is 1490. The van der Waals surface area contributed by atoms with E-state index in [1.54, 1.807) is 31.1 Å². The van der Waals surface area contributed by atoms with E-state index in [0.29, 0.717) is 29.4 Å². The number of carbonyl (C=O) groups is 1. The highest BCUT2D eigenvalue weighted by Crippen LogP contribution is 2.38. The third-order valence-electron chi connectivity index (χ3n) is 6.48. The highest BCUT2D eigenvalue weighted by Gasteiger charge is 2.24. The van der Waals surface area contributed by atoms with Crippen LogP contribution < -0.4 is 15.8 Å². The third-order valence-corrected chi connectivity index (χ3v) is 7.19. The molecule has 0 aliphatic carbocycles. The number of ether oxygens (including phenoxy) is 1. The van der Waals surface area contributed by atoms with Gasteiger partial charge in [0.25, 0.3) is 0 Å². The van der Waals surface area contributed by atoms with E-state index in [0.717, 1.165) is 39.7 Å². The maximum atomic E-state index is 14.0. The fourth-order valence-electron chi connectivity index (χ4n) is 4.60. The molecule has 0 unspecified atom stereocenters. The number of hydrogen-bond acceptors (Lipinski definition) is 4. The number of urea groups is 1. The first-order chi connectivity index (χ1) is 17.3. The third kappa shape index (κ3) is 4.31. The van der Waals surface area contributed by atoms with E-state index in [1.165, 1.54) is 12.1 Å². The molecule has 0 saturated heterocycles. The molecule has 0 saturated carbocycles. The Labute approximate surface area is 217 Å². The molecule has 5 rings (SSSR count). The molecular weight excluding hydrogens is 504 g/mol. The highest BCUT2D eigenvalue weighted by molar-refractivity contribution is 6.36. The first-order valence-corrected chi connectivity index (χ1v) is 12.2. The van der Waals surface area contributed by atoms with Crippen molar-refractivity contribution in [3.63, 3.8) is 0 Å². The number of nitrogens with two attached hydrogens (primary N) is 1. The van der Waals surface area contributed by atoms with Crippen LogP contribution >= 0.6 is 23.2 Å². The fraction of sp³-hybridized carbons (Fsp3) is 0.231. The zero-order chi connectivity index (χ0) is 25.6. The molecule has 1 atom stereocenters. The number of carbonyl (C=O) groups excluding carboxylic acids is 1. The van der Waals surface area contributed by atoms with Gasteiger partial charge in [0, 0.05) is 71.1 Å². The number of nitrogen functional groups attached to an aromatic ring is 1. The summed E-state index contributed by atoms with van der Waals surface area (Å²) in [5, 5.41) is 3.95. The molecule has 1 aliphatic heterocycles. The van der Waals surface area contributed by atoms with Crippen molar-refractivity contribution in [3.8, 4) is 16.9 Å². The van der Waals surface area contributed by atoms with E-state index >= 15 is 0 Å². The minimum Gasteiger partial charge on any atom is -0.482 e. The Kier molecular flexibility index (Phi) is 6.40. The number of nitrogens with zero attached hydrogens (tertiary/aromatic N) is 2. The van der Waals surface area contributed by atoms with Gasteiger partial charge in [-0.15, -0.1) is 0 Å². The van der Waals surface area contributed by atoms with Gasteiger partial charge in [-0.1, -0.05) is 29.3 Å². The standard InChI is InChI=1S/C26H24Cl2FN5O2/c1-13(23-18(27)4-5-19(29)24(23)28)36-22-10-15(11-32-25(22)30)14-3-6-20-16(9-14)17-12-34(26(35)31-2)8-7-21(17)33-20/h3-6,9-11,13,33H,7-8,12H2,1-2H3,(H2,30,32)(H,31,35)/t13-/m1/s1. The Morgan fingerprint density at radius 1 is 1.25 bits per heavy atom. The van der Waals surface area contributed by atoms with Crippen molar-refractivity contribution in [2.75, 3.05) is 19.3 Å². The molecule has 7 nitrogen and oxygen atoms in total. The van der Waals surface area contributed by atoms with Gasteiger partial charge in [0.05, 0.1) is 5.02 Å². The zero-order valence-electron chi connectivity index (χ0n) is 19.7. The summed E-state index contributed by atoms with van der Waals surface area (Å²) in [5.41, 5.74) is 11.4. The van der Waals surface area contributed by atoms with Crippen LogP contribution in [0, 0.1) is 5.82 Å². The lowest BCUT2D eigenvalue weighted by Crippen LogP contribution is -2.41. The maximum Gasteiger partial charge on any atom is 0.317 e. The largest absolute Gasteiger partial charge is 0.482 e. The first kappa shape index (κ1) is 24.2.